The largest absolute Gasteiger partial charge is 0.306 e. The zero-order valence-corrected chi connectivity index (χ0v) is 8.09. The molecule has 1 N–H and O–H groups in total. The van der Waals surface area contributed by atoms with Crippen molar-refractivity contribution < 1.29 is 4.39 Å². The van der Waals surface area contributed by atoms with Gasteiger partial charge < -0.3 is 5.32 Å². The standard InChI is InChI=1S/C12H14FN/c1-2-7-14-12-6-4-9-3-5-10(13)8-11(9)12/h2-3,5,8,12,14H,1,4,6-7H2. The highest BCUT2D eigenvalue weighted by Gasteiger charge is 2.21. The van der Waals surface area contributed by atoms with Crippen molar-refractivity contribution in [2.75, 3.05) is 6.54 Å². The van der Waals surface area contributed by atoms with Gasteiger partial charge in [-0.05, 0) is 36.1 Å². The second kappa shape index (κ2) is 3.93. The van der Waals surface area contributed by atoms with Crippen molar-refractivity contribution in [1.82, 2.24) is 5.32 Å². The average molecular weight is 191 g/mol. The van der Waals surface area contributed by atoms with Gasteiger partial charge in [-0.15, -0.1) is 6.58 Å². The molecule has 2 rings (SSSR count). The quantitative estimate of drug-likeness (QED) is 0.724. The minimum atomic E-state index is -0.143. The predicted molar refractivity (Wildman–Crippen MR) is 55.7 cm³/mol. The second-order valence-electron chi connectivity index (χ2n) is 3.63. The van der Waals surface area contributed by atoms with Crippen LogP contribution in [0.3, 0.4) is 0 Å². The molecule has 1 unspecified atom stereocenters. The smallest absolute Gasteiger partial charge is 0.123 e. The monoisotopic (exact) mass is 191 g/mol. The van der Waals surface area contributed by atoms with Gasteiger partial charge in [0.15, 0.2) is 0 Å². The van der Waals surface area contributed by atoms with E-state index in [1.807, 2.05) is 12.1 Å². The fourth-order valence-electron chi connectivity index (χ4n) is 2.01. The van der Waals surface area contributed by atoms with Gasteiger partial charge in [-0.1, -0.05) is 12.1 Å². The Morgan fingerprint density at radius 1 is 1.57 bits per heavy atom. The van der Waals surface area contributed by atoms with Crippen LogP contribution in [0.2, 0.25) is 0 Å². The maximum atomic E-state index is 13.0. The van der Waals surface area contributed by atoms with Crippen LogP contribution in [0.1, 0.15) is 23.6 Å². The van der Waals surface area contributed by atoms with Crippen LogP contribution >= 0.6 is 0 Å². The van der Waals surface area contributed by atoms with Crippen LogP contribution in [-0.2, 0) is 6.42 Å². The van der Waals surface area contributed by atoms with E-state index < -0.39 is 0 Å². The Labute approximate surface area is 83.6 Å². The Morgan fingerprint density at radius 3 is 3.21 bits per heavy atom. The van der Waals surface area contributed by atoms with Crippen molar-refractivity contribution >= 4 is 0 Å². The molecular weight excluding hydrogens is 177 g/mol. The van der Waals surface area contributed by atoms with Crippen molar-refractivity contribution in [1.29, 1.82) is 0 Å². The molecular formula is C12H14FN. The number of rotatable bonds is 3. The molecule has 0 heterocycles. The van der Waals surface area contributed by atoms with Crippen molar-refractivity contribution in [2.24, 2.45) is 0 Å². The number of nitrogens with one attached hydrogen (secondary N) is 1. The number of benzene rings is 1. The summed E-state index contributed by atoms with van der Waals surface area (Å²) < 4.78 is 13.0. The van der Waals surface area contributed by atoms with Crippen molar-refractivity contribution in [2.45, 2.75) is 18.9 Å². The number of aryl methyl sites for hydroxylation is 1. The molecule has 1 atom stereocenters. The fourth-order valence-corrected chi connectivity index (χ4v) is 2.01. The molecule has 0 bridgehead atoms. The molecule has 0 radical (unpaired) electrons. The van der Waals surface area contributed by atoms with Gasteiger partial charge >= 0.3 is 0 Å². The van der Waals surface area contributed by atoms with Crippen LogP contribution in [0.25, 0.3) is 0 Å². The van der Waals surface area contributed by atoms with E-state index in [1.54, 1.807) is 6.07 Å². The lowest BCUT2D eigenvalue weighted by Crippen LogP contribution is -2.18. The summed E-state index contributed by atoms with van der Waals surface area (Å²) in [5.74, 6) is -0.143. The third-order valence-corrected chi connectivity index (χ3v) is 2.69. The number of halogens is 1. The molecule has 0 aliphatic heterocycles. The van der Waals surface area contributed by atoms with Crippen LogP contribution in [0.15, 0.2) is 30.9 Å². The molecule has 1 aromatic carbocycles. The molecule has 0 saturated carbocycles. The summed E-state index contributed by atoms with van der Waals surface area (Å²) in [6.07, 6.45) is 3.94. The van der Waals surface area contributed by atoms with Crippen LogP contribution < -0.4 is 5.32 Å². The van der Waals surface area contributed by atoms with Gasteiger partial charge in [-0.3, -0.25) is 0 Å². The molecule has 1 aromatic rings. The highest BCUT2D eigenvalue weighted by Crippen LogP contribution is 2.31. The molecule has 74 valence electrons. The summed E-state index contributed by atoms with van der Waals surface area (Å²) in [7, 11) is 0. The summed E-state index contributed by atoms with van der Waals surface area (Å²) in [5.41, 5.74) is 2.39. The Balaban J connectivity index is 2.19. The minimum Gasteiger partial charge on any atom is -0.306 e. The average Bonchev–Trinajstić information content (AvgIpc) is 2.57. The minimum absolute atomic E-state index is 0.143. The maximum absolute atomic E-state index is 13.0. The van der Waals surface area contributed by atoms with Gasteiger partial charge in [-0.2, -0.15) is 0 Å². The Bertz CT molecular complexity index is 346. The van der Waals surface area contributed by atoms with E-state index in [-0.39, 0.29) is 5.82 Å². The molecule has 0 spiro atoms. The van der Waals surface area contributed by atoms with Crippen LogP contribution in [0.4, 0.5) is 4.39 Å². The zero-order chi connectivity index (χ0) is 9.97. The maximum Gasteiger partial charge on any atom is 0.123 e. The molecule has 0 amide bonds. The molecule has 2 heteroatoms. The van der Waals surface area contributed by atoms with Gasteiger partial charge in [0.1, 0.15) is 5.82 Å². The van der Waals surface area contributed by atoms with Crippen molar-refractivity contribution in [3.8, 4) is 0 Å². The van der Waals surface area contributed by atoms with Crippen LogP contribution in [-0.4, -0.2) is 6.54 Å². The molecule has 0 aromatic heterocycles. The summed E-state index contributed by atoms with van der Waals surface area (Å²) in [4.78, 5) is 0. The van der Waals surface area contributed by atoms with E-state index in [4.69, 9.17) is 0 Å². The summed E-state index contributed by atoms with van der Waals surface area (Å²) in [6, 6.07) is 5.37. The van der Waals surface area contributed by atoms with Crippen molar-refractivity contribution in [3.05, 3.63) is 47.8 Å². The van der Waals surface area contributed by atoms with Gasteiger partial charge in [0.05, 0.1) is 0 Å². The molecule has 0 saturated heterocycles. The molecule has 1 aliphatic rings. The summed E-state index contributed by atoms with van der Waals surface area (Å²) in [5, 5.41) is 3.33. The highest BCUT2D eigenvalue weighted by atomic mass is 19.1. The lowest BCUT2D eigenvalue weighted by Gasteiger charge is -2.12. The summed E-state index contributed by atoms with van der Waals surface area (Å²) >= 11 is 0. The first-order chi connectivity index (χ1) is 6.81. The third kappa shape index (κ3) is 1.70. The van der Waals surface area contributed by atoms with Crippen molar-refractivity contribution in [3.63, 3.8) is 0 Å². The Kier molecular flexibility index (Phi) is 2.64. The zero-order valence-electron chi connectivity index (χ0n) is 8.09. The lowest BCUT2D eigenvalue weighted by molar-refractivity contribution is 0.558. The van der Waals surface area contributed by atoms with E-state index in [0.717, 1.165) is 24.9 Å². The third-order valence-electron chi connectivity index (χ3n) is 2.69. The predicted octanol–water partition coefficient (Wildman–Crippen LogP) is 2.59. The fraction of sp³-hybridized carbons (Fsp3) is 0.333. The number of hydrogen-bond acceptors (Lipinski definition) is 1. The van der Waals surface area contributed by atoms with Gasteiger partial charge in [0, 0.05) is 12.6 Å². The molecule has 0 fully saturated rings. The number of hydrogen-bond donors (Lipinski definition) is 1. The van der Waals surface area contributed by atoms with Gasteiger partial charge in [0.2, 0.25) is 0 Å². The van der Waals surface area contributed by atoms with E-state index in [9.17, 15) is 4.39 Å². The first-order valence-corrected chi connectivity index (χ1v) is 4.94. The molecule has 1 aliphatic carbocycles. The first kappa shape index (κ1) is 9.41. The van der Waals surface area contributed by atoms with E-state index in [0.29, 0.717) is 6.04 Å². The van der Waals surface area contributed by atoms with Gasteiger partial charge in [0.25, 0.3) is 0 Å². The number of fused-ring (bicyclic) bond motifs is 1. The highest BCUT2D eigenvalue weighted by molar-refractivity contribution is 5.34. The van der Waals surface area contributed by atoms with Crippen LogP contribution in [0, 0.1) is 5.82 Å². The Morgan fingerprint density at radius 2 is 2.43 bits per heavy atom. The second-order valence-corrected chi connectivity index (χ2v) is 3.63. The van der Waals surface area contributed by atoms with E-state index in [1.165, 1.54) is 11.6 Å². The lowest BCUT2D eigenvalue weighted by atomic mass is 10.1. The normalized spacial score (nSPS) is 19.4. The SMILES string of the molecule is C=CCNC1CCc2ccc(F)cc21. The molecule has 14 heavy (non-hydrogen) atoms. The van der Waals surface area contributed by atoms with Gasteiger partial charge in [-0.25, -0.2) is 4.39 Å². The topological polar surface area (TPSA) is 12.0 Å². The Hall–Kier alpha value is -1.15. The molecule has 1 nitrogen and oxygen atoms in total. The first-order valence-electron chi connectivity index (χ1n) is 4.94. The van der Waals surface area contributed by atoms with E-state index >= 15 is 0 Å². The van der Waals surface area contributed by atoms with Crippen LogP contribution in [0.5, 0.6) is 0 Å². The summed E-state index contributed by atoms with van der Waals surface area (Å²) in [6.45, 7) is 4.44. The van der Waals surface area contributed by atoms with E-state index in [2.05, 4.69) is 11.9 Å².